The normalized spacial score (nSPS) is 22.7. The Morgan fingerprint density at radius 3 is 2.79 bits per heavy atom. The van der Waals surface area contributed by atoms with Crippen LogP contribution in [-0.2, 0) is 6.42 Å². The van der Waals surface area contributed by atoms with Crippen molar-refractivity contribution in [3.8, 4) is 0 Å². The SMILES string of the molecule is CCSC1CCCC1Nc1nc(CC)nc(Cl)c1C. The fourth-order valence-electron chi connectivity index (χ4n) is 2.51. The maximum atomic E-state index is 6.18. The van der Waals surface area contributed by atoms with E-state index in [0.717, 1.165) is 23.6 Å². The fraction of sp³-hybridized carbons (Fsp3) is 0.714. The Kier molecular flexibility index (Phi) is 5.34. The Morgan fingerprint density at radius 1 is 1.32 bits per heavy atom. The molecule has 1 aliphatic rings. The zero-order valence-electron chi connectivity index (χ0n) is 11.9. The molecule has 1 aliphatic carbocycles. The predicted molar refractivity (Wildman–Crippen MR) is 84.3 cm³/mol. The molecule has 5 heteroatoms. The van der Waals surface area contributed by atoms with Crippen molar-refractivity contribution in [3.63, 3.8) is 0 Å². The van der Waals surface area contributed by atoms with Crippen LogP contribution in [0.3, 0.4) is 0 Å². The van der Waals surface area contributed by atoms with Gasteiger partial charge in [0.25, 0.3) is 0 Å². The lowest BCUT2D eigenvalue weighted by Crippen LogP contribution is -2.27. The number of hydrogen-bond acceptors (Lipinski definition) is 4. The molecule has 2 atom stereocenters. The van der Waals surface area contributed by atoms with E-state index in [0.29, 0.717) is 16.4 Å². The van der Waals surface area contributed by atoms with E-state index in [9.17, 15) is 0 Å². The van der Waals surface area contributed by atoms with Gasteiger partial charge in [0.15, 0.2) is 0 Å². The highest BCUT2D eigenvalue weighted by Crippen LogP contribution is 2.33. The van der Waals surface area contributed by atoms with Gasteiger partial charge in [-0.3, -0.25) is 0 Å². The smallest absolute Gasteiger partial charge is 0.137 e. The van der Waals surface area contributed by atoms with Crippen LogP contribution < -0.4 is 5.32 Å². The van der Waals surface area contributed by atoms with Gasteiger partial charge in [-0.1, -0.05) is 31.9 Å². The summed E-state index contributed by atoms with van der Waals surface area (Å²) < 4.78 is 0. The Labute approximate surface area is 124 Å². The lowest BCUT2D eigenvalue weighted by atomic mass is 10.2. The Hall–Kier alpha value is -0.480. The van der Waals surface area contributed by atoms with Crippen molar-refractivity contribution < 1.29 is 0 Å². The highest BCUT2D eigenvalue weighted by atomic mass is 35.5. The first-order valence-corrected chi connectivity index (χ1v) is 8.49. The van der Waals surface area contributed by atoms with Crippen LogP contribution in [-0.4, -0.2) is 27.0 Å². The summed E-state index contributed by atoms with van der Waals surface area (Å²) in [6.45, 7) is 6.26. The van der Waals surface area contributed by atoms with Crippen molar-refractivity contribution in [2.75, 3.05) is 11.1 Å². The van der Waals surface area contributed by atoms with Gasteiger partial charge in [0.2, 0.25) is 0 Å². The van der Waals surface area contributed by atoms with Gasteiger partial charge < -0.3 is 5.32 Å². The van der Waals surface area contributed by atoms with Gasteiger partial charge >= 0.3 is 0 Å². The van der Waals surface area contributed by atoms with Crippen molar-refractivity contribution in [1.82, 2.24) is 9.97 Å². The number of anilines is 1. The minimum absolute atomic E-state index is 0.513. The van der Waals surface area contributed by atoms with Crippen LogP contribution in [0.5, 0.6) is 0 Å². The molecule has 1 fully saturated rings. The molecule has 1 heterocycles. The number of aromatic nitrogens is 2. The van der Waals surface area contributed by atoms with Gasteiger partial charge in [0.1, 0.15) is 16.8 Å². The average molecular weight is 300 g/mol. The number of thioether (sulfide) groups is 1. The summed E-state index contributed by atoms with van der Waals surface area (Å²) in [6, 6.07) is 0.513. The van der Waals surface area contributed by atoms with Gasteiger partial charge in [-0.25, -0.2) is 9.97 Å². The lowest BCUT2D eigenvalue weighted by molar-refractivity contribution is 0.756. The van der Waals surface area contributed by atoms with Crippen molar-refractivity contribution in [2.45, 2.75) is 57.7 Å². The number of aryl methyl sites for hydroxylation is 1. The molecule has 0 aliphatic heterocycles. The van der Waals surface area contributed by atoms with Crippen LogP contribution in [0.2, 0.25) is 5.15 Å². The van der Waals surface area contributed by atoms with Gasteiger partial charge in [-0.15, -0.1) is 0 Å². The third kappa shape index (κ3) is 3.54. The van der Waals surface area contributed by atoms with Gasteiger partial charge in [0, 0.05) is 23.3 Å². The molecule has 1 N–H and O–H groups in total. The van der Waals surface area contributed by atoms with E-state index in [1.165, 1.54) is 25.0 Å². The number of halogens is 1. The topological polar surface area (TPSA) is 37.8 Å². The molecular weight excluding hydrogens is 278 g/mol. The predicted octanol–water partition coefficient (Wildman–Crippen LogP) is 4.09. The van der Waals surface area contributed by atoms with E-state index in [4.69, 9.17) is 11.6 Å². The second-order valence-electron chi connectivity index (χ2n) is 4.93. The van der Waals surface area contributed by atoms with Crippen LogP contribution in [0.15, 0.2) is 0 Å². The third-order valence-corrected chi connectivity index (χ3v) is 5.30. The molecule has 0 radical (unpaired) electrons. The summed E-state index contributed by atoms with van der Waals surface area (Å²) in [5, 5.41) is 4.88. The average Bonchev–Trinajstić information content (AvgIpc) is 2.82. The number of rotatable bonds is 5. The Morgan fingerprint density at radius 2 is 2.11 bits per heavy atom. The van der Waals surface area contributed by atoms with E-state index in [1.54, 1.807) is 0 Å². The first-order chi connectivity index (χ1) is 9.15. The molecule has 0 bridgehead atoms. The summed E-state index contributed by atoms with van der Waals surface area (Å²) in [7, 11) is 0. The molecular formula is C14H22ClN3S. The molecule has 19 heavy (non-hydrogen) atoms. The van der Waals surface area contributed by atoms with Gasteiger partial charge in [0.05, 0.1) is 0 Å². The van der Waals surface area contributed by atoms with Crippen molar-refractivity contribution in [2.24, 2.45) is 0 Å². The molecule has 1 aromatic rings. The number of nitrogens with one attached hydrogen (secondary N) is 1. The van der Waals surface area contributed by atoms with Gasteiger partial charge in [-0.2, -0.15) is 11.8 Å². The minimum atomic E-state index is 0.513. The molecule has 0 spiro atoms. The maximum absolute atomic E-state index is 6.18. The molecule has 1 aromatic heterocycles. The van der Waals surface area contributed by atoms with E-state index in [-0.39, 0.29) is 0 Å². The monoisotopic (exact) mass is 299 g/mol. The van der Waals surface area contributed by atoms with Crippen LogP contribution in [0.1, 0.15) is 44.5 Å². The fourth-order valence-corrected chi connectivity index (χ4v) is 3.90. The van der Waals surface area contributed by atoms with E-state index >= 15 is 0 Å². The Bertz CT molecular complexity index is 439. The van der Waals surface area contributed by atoms with E-state index < -0.39 is 0 Å². The molecule has 2 rings (SSSR count). The molecule has 0 aromatic carbocycles. The van der Waals surface area contributed by atoms with Crippen LogP contribution in [0, 0.1) is 6.92 Å². The second kappa shape index (κ2) is 6.80. The highest BCUT2D eigenvalue weighted by molar-refractivity contribution is 7.99. The van der Waals surface area contributed by atoms with Crippen LogP contribution in [0.4, 0.5) is 5.82 Å². The quantitative estimate of drug-likeness (QED) is 0.831. The zero-order chi connectivity index (χ0) is 13.8. The van der Waals surface area contributed by atoms with Crippen molar-refractivity contribution in [3.05, 3.63) is 16.5 Å². The maximum Gasteiger partial charge on any atom is 0.137 e. The van der Waals surface area contributed by atoms with E-state index in [1.807, 2.05) is 18.7 Å². The summed E-state index contributed by atoms with van der Waals surface area (Å²) in [6.07, 6.45) is 4.63. The molecule has 3 nitrogen and oxygen atoms in total. The highest BCUT2D eigenvalue weighted by Gasteiger charge is 2.28. The molecule has 0 amide bonds. The molecule has 106 valence electrons. The molecule has 1 saturated carbocycles. The first kappa shape index (κ1) is 14.9. The number of nitrogens with zero attached hydrogens (tertiary/aromatic N) is 2. The summed E-state index contributed by atoms with van der Waals surface area (Å²) in [5.41, 5.74) is 0.964. The van der Waals surface area contributed by atoms with E-state index in [2.05, 4.69) is 29.1 Å². The summed E-state index contributed by atoms with van der Waals surface area (Å²) >= 11 is 8.23. The van der Waals surface area contributed by atoms with Crippen LogP contribution >= 0.6 is 23.4 Å². The molecule has 0 saturated heterocycles. The lowest BCUT2D eigenvalue weighted by Gasteiger charge is -2.22. The first-order valence-electron chi connectivity index (χ1n) is 7.06. The third-order valence-electron chi connectivity index (χ3n) is 3.60. The van der Waals surface area contributed by atoms with Crippen molar-refractivity contribution in [1.29, 1.82) is 0 Å². The van der Waals surface area contributed by atoms with Crippen LogP contribution in [0.25, 0.3) is 0 Å². The molecule has 2 unspecified atom stereocenters. The number of hydrogen-bond donors (Lipinski definition) is 1. The van der Waals surface area contributed by atoms with Crippen molar-refractivity contribution >= 4 is 29.2 Å². The van der Waals surface area contributed by atoms with Gasteiger partial charge in [-0.05, 0) is 25.5 Å². The standard InChI is InChI=1S/C14H22ClN3S/c1-4-12-17-13(15)9(3)14(18-12)16-10-7-6-8-11(10)19-5-2/h10-11H,4-8H2,1-3H3,(H,16,17,18). The second-order valence-corrected chi connectivity index (χ2v) is 6.81. The minimum Gasteiger partial charge on any atom is -0.366 e. The zero-order valence-corrected chi connectivity index (χ0v) is 13.4. The summed E-state index contributed by atoms with van der Waals surface area (Å²) in [4.78, 5) is 8.88. The Balaban J connectivity index is 2.16. The largest absolute Gasteiger partial charge is 0.366 e. The summed E-state index contributed by atoms with van der Waals surface area (Å²) in [5.74, 6) is 2.91.